The number of morpholine rings is 1. The van der Waals surface area contributed by atoms with E-state index in [0.29, 0.717) is 16.8 Å². The van der Waals surface area contributed by atoms with Crippen molar-refractivity contribution in [1.82, 2.24) is 15.1 Å². The number of rotatable bonds is 2. The van der Waals surface area contributed by atoms with E-state index in [0.717, 1.165) is 29.8 Å². The third-order valence-corrected chi connectivity index (χ3v) is 4.29. The van der Waals surface area contributed by atoms with E-state index >= 15 is 0 Å². The number of hydrogen-bond donors (Lipinski definition) is 0. The van der Waals surface area contributed by atoms with Gasteiger partial charge in [-0.05, 0) is 51.1 Å². The van der Waals surface area contributed by atoms with Crippen LogP contribution in [0.1, 0.15) is 30.0 Å². The Balaban J connectivity index is 1.89. The van der Waals surface area contributed by atoms with Crippen molar-refractivity contribution >= 4 is 11.6 Å². The van der Waals surface area contributed by atoms with Crippen LogP contribution >= 0.6 is 11.6 Å². The molecule has 118 valence electrons. The summed E-state index contributed by atoms with van der Waals surface area (Å²) >= 11 is 6.31. The van der Waals surface area contributed by atoms with Gasteiger partial charge in [0.25, 0.3) is 0 Å². The predicted octanol–water partition coefficient (Wildman–Crippen LogP) is 3.40. The predicted molar refractivity (Wildman–Crippen MR) is 85.0 cm³/mol. The lowest BCUT2D eigenvalue weighted by Gasteiger charge is -2.32. The van der Waals surface area contributed by atoms with Crippen molar-refractivity contribution in [3.05, 3.63) is 34.2 Å². The number of nitrogens with zero attached hydrogens (tertiary/aromatic N) is 3. The van der Waals surface area contributed by atoms with Gasteiger partial charge in [-0.3, -0.25) is 0 Å². The van der Waals surface area contributed by atoms with E-state index in [1.165, 1.54) is 0 Å². The molecule has 0 radical (unpaired) electrons. The molecule has 2 aromatic rings. The number of benzene rings is 1. The van der Waals surface area contributed by atoms with Crippen molar-refractivity contribution in [2.45, 2.75) is 33.0 Å². The zero-order valence-corrected chi connectivity index (χ0v) is 14.0. The van der Waals surface area contributed by atoms with Gasteiger partial charge in [0, 0.05) is 13.1 Å². The first-order valence-electron chi connectivity index (χ1n) is 7.38. The Hall–Kier alpha value is -1.43. The summed E-state index contributed by atoms with van der Waals surface area (Å²) in [6, 6.07) is 3.90. The zero-order valence-electron chi connectivity index (χ0n) is 13.3. The lowest BCUT2D eigenvalue weighted by atomic mass is 10.1. The molecule has 5 nitrogen and oxygen atoms in total. The smallest absolute Gasteiger partial charge is 0.249 e. The molecular weight excluding hydrogens is 302 g/mol. The van der Waals surface area contributed by atoms with Gasteiger partial charge in [-0.1, -0.05) is 11.6 Å². The first-order valence-corrected chi connectivity index (χ1v) is 7.76. The Kier molecular flexibility index (Phi) is 4.21. The van der Waals surface area contributed by atoms with Crippen molar-refractivity contribution in [3.63, 3.8) is 0 Å². The molecule has 0 N–H and O–H groups in total. The molecular formula is C16H20ClN3O2. The number of aromatic nitrogens is 2. The highest BCUT2D eigenvalue weighted by Crippen LogP contribution is 2.32. The fourth-order valence-electron chi connectivity index (χ4n) is 2.72. The molecule has 0 unspecified atom stereocenters. The van der Waals surface area contributed by atoms with Gasteiger partial charge in [-0.2, -0.15) is 0 Å². The fraction of sp³-hybridized carbons (Fsp3) is 0.500. The lowest BCUT2D eigenvalue weighted by Crippen LogP contribution is -2.40. The minimum atomic E-state index is -0.194. The summed E-state index contributed by atoms with van der Waals surface area (Å²) in [5.41, 5.74) is 3.04. The number of halogens is 1. The van der Waals surface area contributed by atoms with Crippen LogP contribution in [0.5, 0.6) is 0 Å². The molecule has 3 rings (SSSR count). The number of likely N-dealkylation sites (N-methyl/N-ethyl adjacent to an activating group) is 1. The Bertz CT molecular complexity index is 676. The van der Waals surface area contributed by atoms with Crippen molar-refractivity contribution in [2.24, 2.45) is 0 Å². The summed E-state index contributed by atoms with van der Waals surface area (Å²) in [6.45, 7) is 7.75. The van der Waals surface area contributed by atoms with E-state index in [1.807, 2.05) is 32.9 Å². The first kappa shape index (κ1) is 15.5. The second kappa shape index (κ2) is 5.99. The third kappa shape index (κ3) is 3.02. The van der Waals surface area contributed by atoms with Gasteiger partial charge in [-0.25, -0.2) is 0 Å². The molecule has 1 aromatic heterocycles. The molecule has 0 spiro atoms. The van der Waals surface area contributed by atoms with Crippen molar-refractivity contribution in [3.8, 4) is 11.5 Å². The Morgan fingerprint density at radius 3 is 2.64 bits per heavy atom. The molecule has 2 heterocycles. The summed E-state index contributed by atoms with van der Waals surface area (Å²) < 4.78 is 11.7. The summed E-state index contributed by atoms with van der Waals surface area (Å²) in [5.74, 6) is 0.940. The Morgan fingerprint density at radius 2 is 1.91 bits per heavy atom. The number of ether oxygens (including phenoxy) is 1. The molecule has 1 saturated heterocycles. The molecule has 0 bridgehead atoms. The van der Waals surface area contributed by atoms with Crippen LogP contribution in [0.3, 0.4) is 0 Å². The Labute approximate surface area is 135 Å². The summed E-state index contributed by atoms with van der Waals surface area (Å²) in [6.07, 6.45) is -0.0513. The molecule has 1 aliphatic heterocycles. The van der Waals surface area contributed by atoms with Crippen molar-refractivity contribution < 1.29 is 9.15 Å². The van der Waals surface area contributed by atoms with Crippen LogP contribution in [0.2, 0.25) is 5.02 Å². The fourth-order valence-corrected chi connectivity index (χ4v) is 3.02. The summed E-state index contributed by atoms with van der Waals surface area (Å²) in [4.78, 5) is 2.20. The average molecular weight is 322 g/mol. The molecule has 0 aliphatic carbocycles. The summed E-state index contributed by atoms with van der Waals surface area (Å²) in [7, 11) is 2.06. The third-order valence-electron chi connectivity index (χ3n) is 3.97. The van der Waals surface area contributed by atoms with Gasteiger partial charge in [0.05, 0.1) is 16.7 Å². The maximum atomic E-state index is 6.31. The molecule has 22 heavy (non-hydrogen) atoms. The van der Waals surface area contributed by atoms with Crippen LogP contribution in [-0.2, 0) is 4.74 Å². The number of aryl methyl sites for hydroxylation is 2. The van der Waals surface area contributed by atoms with E-state index < -0.39 is 0 Å². The molecule has 2 atom stereocenters. The van der Waals surface area contributed by atoms with E-state index in [-0.39, 0.29) is 12.2 Å². The van der Waals surface area contributed by atoms with Crippen LogP contribution in [0.25, 0.3) is 11.5 Å². The van der Waals surface area contributed by atoms with Crippen LogP contribution < -0.4 is 0 Å². The molecule has 1 aromatic carbocycles. The van der Waals surface area contributed by atoms with Gasteiger partial charge >= 0.3 is 0 Å². The van der Waals surface area contributed by atoms with Crippen LogP contribution in [0.4, 0.5) is 0 Å². The minimum Gasteiger partial charge on any atom is -0.418 e. The molecule has 0 amide bonds. The number of hydrogen-bond acceptors (Lipinski definition) is 5. The maximum Gasteiger partial charge on any atom is 0.249 e. The average Bonchev–Trinajstić information content (AvgIpc) is 2.91. The minimum absolute atomic E-state index is 0.143. The van der Waals surface area contributed by atoms with E-state index in [1.54, 1.807) is 0 Å². The Morgan fingerprint density at radius 1 is 1.18 bits per heavy atom. The normalized spacial score (nSPS) is 23.0. The van der Waals surface area contributed by atoms with E-state index in [9.17, 15) is 0 Å². The monoisotopic (exact) mass is 321 g/mol. The van der Waals surface area contributed by atoms with Crippen LogP contribution in [0, 0.1) is 13.8 Å². The highest BCUT2D eigenvalue weighted by atomic mass is 35.5. The lowest BCUT2D eigenvalue weighted by molar-refractivity contribution is -0.0821. The van der Waals surface area contributed by atoms with Gasteiger partial charge in [-0.15, -0.1) is 10.2 Å². The van der Waals surface area contributed by atoms with Gasteiger partial charge in [0.2, 0.25) is 11.8 Å². The maximum absolute atomic E-state index is 6.31. The summed E-state index contributed by atoms with van der Waals surface area (Å²) in [5, 5.41) is 8.91. The first-order chi connectivity index (χ1) is 10.4. The van der Waals surface area contributed by atoms with Crippen molar-refractivity contribution in [2.75, 3.05) is 20.1 Å². The highest BCUT2D eigenvalue weighted by Gasteiger charge is 2.29. The van der Waals surface area contributed by atoms with Gasteiger partial charge in [0.1, 0.15) is 6.10 Å². The van der Waals surface area contributed by atoms with Crippen LogP contribution in [-0.4, -0.2) is 41.3 Å². The SMILES string of the molecule is Cc1cc(Cl)c(-c2nnc([C@H]3CN(C)C[C@@H](C)O3)o2)cc1C. The second-order valence-corrected chi connectivity index (χ2v) is 6.43. The highest BCUT2D eigenvalue weighted by molar-refractivity contribution is 6.33. The zero-order chi connectivity index (χ0) is 15.9. The van der Waals surface area contributed by atoms with Crippen molar-refractivity contribution in [1.29, 1.82) is 0 Å². The van der Waals surface area contributed by atoms with Gasteiger partial charge < -0.3 is 14.1 Å². The second-order valence-electron chi connectivity index (χ2n) is 6.02. The largest absolute Gasteiger partial charge is 0.418 e. The standard InChI is InChI=1S/C16H20ClN3O2/c1-9-5-12(13(17)6-10(9)2)15-18-19-16(22-15)14-8-20(4)7-11(3)21-14/h5-6,11,14H,7-8H2,1-4H3/t11-,14-/m1/s1. The van der Waals surface area contributed by atoms with Crippen LogP contribution in [0.15, 0.2) is 16.5 Å². The van der Waals surface area contributed by atoms with E-state index in [4.69, 9.17) is 20.8 Å². The molecule has 1 aliphatic rings. The topological polar surface area (TPSA) is 51.4 Å². The molecule has 6 heteroatoms. The molecule has 1 fully saturated rings. The van der Waals surface area contributed by atoms with E-state index in [2.05, 4.69) is 22.1 Å². The molecule has 0 saturated carbocycles. The quantitative estimate of drug-likeness (QED) is 0.848. The van der Waals surface area contributed by atoms with Gasteiger partial charge in [0.15, 0.2) is 0 Å².